The summed E-state index contributed by atoms with van der Waals surface area (Å²) < 4.78 is 0. The van der Waals surface area contributed by atoms with E-state index in [-0.39, 0.29) is 18.4 Å². The van der Waals surface area contributed by atoms with Gasteiger partial charge in [0.2, 0.25) is 5.91 Å². The normalized spacial score (nSPS) is 17.9. The Bertz CT molecular complexity index is 282. The quantitative estimate of drug-likeness (QED) is 0.727. The Balaban J connectivity index is 2.54. The Morgan fingerprint density at radius 2 is 2.00 bits per heavy atom. The molecule has 1 amide bonds. The van der Waals surface area contributed by atoms with E-state index in [1.54, 1.807) is 0 Å². The second kappa shape index (κ2) is 4.85. The van der Waals surface area contributed by atoms with E-state index in [9.17, 15) is 9.59 Å². The zero-order chi connectivity index (χ0) is 12.3. The van der Waals surface area contributed by atoms with Crippen molar-refractivity contribution in [3.63, 3.8) is 0 Å². The van der Waals surface area contributed by atoms with Crippen molar-refractivity contribution in [2.75, 3.05) is 0 Å². The van der Waals surface area contributed by atoms with E-state index in [1.807, 2.05) is 20.8 Å². The Morgan fingerprint density at radius 1 is 1.44 bits per heavy atom. The number of aliphatic carboxylic acids is 1. The minimum atomic E-state index is -0.841. The summed E-state index contributed by atoms with van der Waals surface area (Å²) >= 11 is 0. The Hall–Kier alpha value is -1.06. The summed E-state index contributed by atoms with van der Waals surface area (Å²) in [5, 5.41) is 11.7. The molecule has 0 aromatic rings. The molecule has 0 aliphatic heterocycles. The highest BCUT2D eigenvalue weighted by atomic mass is 16.4. The van der Waals surface area contributed by atoms with Gasteiger partial charge in [-0.15, -0.1) is 0 Å². The van der Waals surface area contributed by atoms with Crippen LogP contribution in [0.25, 0.3) is 0 Å². The maximum absolute atomic E-state index is 11.9. The van der Waals surface area contributed by atoms with Crippen LogP contribution in [0.15, 0.2) is 0 Å². The van der Waals surface area contributed by atoms with E-state index >= 15 is 0 Å². The third-order valence-electron chi connectivity index (χ3n) is 3.40. The summed E-state index contributed by atoms with van der Waals surface area (Å²) in [6.07, 6.45) is 2.86. The second-order valence-corrected chi connectivity index (χ2v) is 5.25. The zero-order valence-corrected chi connectivity index (χ0v) is 10.2. The van der Waals surface area contributed by atoms with Crippen LogP contribution in [0.4, 0.5) is 0 Å². The average molecular weight is 227 g/mol. The summed E-state index contributed by atoms with van der Waals surface area (Å²) in [5.74, 6) is -0.507. The van der Waals surface area contributed by atoms with Crippen LogP contribution in [-0.2, 0) is 9.59 Å². The molecule has 1 aliphatic rings. The summed E-state index contributed by atoms with van der Waals surface area (Å²) in [7, 11) is 0. The molecule has 0 spiro atoms. The van der Waals surface area contributed by atoms with Gasteiger partial charge in [-0.1, -0.05) is 20.8 Å². The Morgan fingerprint density at radius 3 is 2.38 bits per heavy atom. The summed E-state index contributed by atoms with van der Waals surface area (Å²) in [5.41, 5.74) is -0.411. The summed E-state index contributed by atoms with van der Waals surface area (Å²) in [6.45, 7) is 5.73. The van der Waals surface area contributed by atoms with Crippen molar-refractivity contribution < 1.29 is 14.7 Å². The molecule has 1 atom stereocenters. The summed E-state index contributed by atoms with van der Waals surface area (Å²) in [4.78, 5) is 22.6. The van der Waals surface area contributed by atoms with Crippen LogP contribution >= 0.6 is 0 Å². The van der Waals surface area contributed by atoms with E-state index < -0.39 is 11.4 Å². The van der Waals surface area contributed by atoms with Crippen LogP contribution in [0.5, 0.6) is 0 Å². The lowest BCUT2D eigenvalue weighted by Gasteiger charge is -2.25. The molecule has 1 rings (SSSR count). The molecule has 4 heteroatoms. The molecule has 0 bridgehead atoms. The second-order valence-electron chi connectivity index (χ2n) is 5.25. The molecule has 0 saturated heterocycles. The first-order chi connectivity index (χ1) is 7.36. The molecule has 0 aromatic carbocycles. The number of carboxylic acid groups (broad SMARTS) is 1. The van der Waals surface area contributed by atoms with E-state index in [2.05, 4.69) is 5.32 Å². The lowest BCUT2D eigenvalue weighted by molar-refractivity contribution is -0.138. The molecule has 1 aliphatic carbocycles. The molecule has 2 N–H and O–H groups in total. The SMILES string of the molecule is CCC(C)(C)C(=O)NC(CC(=O)O)C1CC1. The van der Waals surface area contributed by atoms with Crippen molar-refractivity contribution in [3.8, 4) is 0 Å². The lowest BCUT2D eigenvalue weighted by atomic mass is 9.88. The van der Waals surface area contributed by atoms with E-state index in [0.717, 1.165) is 19.3 Å². The van der Waals surface area contributed by atoms with Gasteiger partial charge in [0.25, 0.3) is 0 Å². The highest BCUT2D eigenvalue weighted by Crippen LogP contribution is 2.34. The van der Waals surface area contributed by atoms with E-state index in [1.165, 1.54) is 0 Å². The number of carbonyl (C=O) groups is 2. The molecule has 16 heavy (non-hydrogen) atoms. The van der Waals surface area contributed by atoms with Crippen LogP contribution in [0, 0.1) is 11.3 Å². The standard InChI is InChI=1S/C12H21NO3/c1-4-12(2,3)11(16)13-9(7-10(14)15)8-5-6-8/h8-9H,4-7H2,1-3H3,(H,13,16)(H,14,15). The van der Waals surface area contributed by atoms with E-state index in [0.29, 0.717) is 5.92 Å². The number of hydrogen-bond donors (Lipinski definition) is 2. The number of nitrogens with one attached hydrogen (secondary N) is 1. The van der Waals surface area contributed by atoms with Gasteiger partial charge in [-0.05, 0) is 25.2 Å². The van der Waals surface area contributed by atoms with Crippen LogP contribution in [0.1, 0.15) is 46.5 Å². The monoisotopic (exact) mass is 227 g/mol. The molecule has 92 valence electrons. The average Bonchev–Trinajstić information content (AvgIpc) is 2.99. The van der Waals surface area contributed by atoms with Crippen LogP contribution in [-0.4, -0.2) is 23.0 Å². The number of carbonyl (C=O) groups excluding carboxylic acids is 1. The molecule has 1 saturated carbocycles. The van der Waals surface area contributed by atoms with Gasteiger partial charge < -0.3 is 10.4 Å². The first kappa shape index (κ1) is 13.0. The predicted octanol–water partition coefficient (Wildman–Crippen LogP) is 1.79. The maximum atomic E-state index is 11.9. The highest BCUT2D eigenvalue weighted by Gasteiger charge is 2.36. The largest absolute Gasteiger partial charge is 0.481 e. The number of carboxylic acids is 1. The van der Waals surface area contributed by atoms with Crippen molar-refractivity contribution in [2.24, 2.45) is 11.3 Å². The minimum Gasteiger partial charge on any atom is -0.481 e. The van der Waals surface area contributed by atoms with Crippen molar-refractivity contribution in [1.29, 1.82) is 0 Å². The molecule has 4 nitrogen and oxygen atoms in total. The van der Waals surface area contributed by atoms with Gasteiger partial charge in [-0.3, -0.25) is 9.59 Å². The van der Waals surface area contributed by atoms with Crippen molar-refractivity contribution in [3.05, 3.63) is 0 Å². The van der Waals surface area contributed by atoms with Crippen molar-refractivity contribution in [1.82, 2.24) is 5.32 Å². The fraction of sp³-hybridized carbons (Fsp3) is 0.833. The highest BCUT2D eigenvalue weighted by molar-refractivity contribution is 5.82. The van der Waals surface area contributed by atoms with Crippen LogP contribution in [0.3, 0.4) is 0 Å². The lowest BCUT2D eigenvalue weighted by Crippen LogP contribution is -2.44. The molecular weight excluding hydrogens is 206 g/mol. The number of amides is 1. The molecular formula is C12H21NO3. The van der Waals surface area contributed by atoms with Crippen molar-refractivity contribution >= 4 is 11.9 Å². The molecule has 0 heterocycles. The molecule has 0 aromatic heterocycles. The topological polar surface area (TPSA) is 66.4 Å². The predicted molar refractivity (Wildman–Crippen MR) is 61.0 cm³/mol. The van der Waals surface area contributed by atoms with Gasteiger partial charge in [-0.2, -0.15) is 0 Å². The first-order valence-corrected chi connectivity index (χ1v) is 5.89. The zero-order valence-electron chi connectivity index (χ0n) is 10.2. The smallest absolute Gasteiger partial charge is 0.305 e. The summed E-state index contributed by atoms with van der Waals surface area (Å²) in [6, 6.07) is -0.184. The molecule has 1 unspecified atom stereocenters. The van der Waals surface area contributed by atoms with Gasteiger partial charge in [0, 0.05) is 11.5 Å². The molecule has 1 fully saturated rings. The van der Waals surface area contributed by atoms with Gasteiger partial charge in [0.05, 0.1) is 6.42 Å². The fourth-order valence-corrected chi connectivity index (χ4v) is 1.55. The van der Waals surface area contributed by atoms with Crippen LogP contribution in [0.2, 0.25) is 0 Å². The fourth-order valence-electron chi connectivity index (χ4n) is 1.55. The minimum absolute atomic E-state index is 0.0341. The number of rotatable bonds is 6. The third kappa shape index (κ3) is 3.51. The Kier molecular flexibility index (Phi) is 3.94. The number of hydrogen-bond acceptors (Lipinski definition) is 2. The Labute approximate surface area is 96.4 Å². The van der Waals surface area contributed by atoms with Gasteiger partial charge >= 0.3 is 5.97 Å². The van der Waals surface area contributed by atoms with Crippen molar-refractivity contribution in [2.45, 2.75) is 52.5 Å². The van der Waals surface area contributed by atoms with Gasteiger partial charge in [-0.25, -0.2) is 0 Å². The van der Waals surface area contributed by atoms with Crippen LogP contribution < -0.4 is 5.32 Å². The van der Waals surface area contributed by atoms with Gasteiger partial charge in [0.15, 0.2) is 0 Å². The third-order valence-corrected chi connectivity index (χ3v) is 3.40. The first-order valence-electron chi connectivity index (χ1n) is 5.89. The van der Waals surface area contributed by atoms with Gasteiger partial charge in [0.1, 0.15) is 0 Å². The molecule has 0 radical (unpaired) electrons. The van der Waals surface area contributed by atoms with E-state index in [4.69, 9.17) is 5.11 Å². The maximum Gasteiger partial charge on any atom is 0.305 e.